The van der Waals surface area contributed by atoms with Crippen LogP contribution < -0.4 is 5.32 Å². The lowest BCUT2D eigenvalue weighted by Crippen LogP contribution is -2.46. The van der Waals surface area contributed by atoms with Crippen LogP contribution in [-0.2, 0) is 4.79 Å². The van der Waals surface area contributed by atoms with Crippen molar-refractivity contribution >= 4 is 11.8 Å². The fraction of sp³-hybridized carbons (Fsp3) is 0.444. The number of carbonyl (C=O) groups excluding carboxylic acids is 2. The van der Waals surface area contributed by atoms with Gasteiger partial charge in [0, 0.05) is 11.6 Å². The lowest BCUT2D eigenvalue weighted by Gasteiger charge is -2.33. The van der Waals surface area contributed by atoms with Gasteiger partial charge in [0.15, 0.2) is 0 Å². The van der Waals surface area contributed by atoms with E-state index in [1.807, 2.05) is 0 Å². The van der Waals surface area contributed by atoms with Gasteiger partial charge >= 0.3 is 0 Å². The summed E-state index contributed by atoms with van der Waals surface area (Å²) in [5.74, 6) is 1.36. The molecule has 23 heavy (non-hydrogen) atoms. The largest absolute Gasteiger partial charge is 0.343 e. The van der Waals surface area contributed by atoms with Crippen molar-refractivity contribution in [3.05, 3.63) is 35.6 Å². The van der Waals surface area contributed by atoms with E-state index in [4.69, 9.17) is 6.42 Å². The van der Waals surface area contributed by atoms with Gasteiger partial charge in [0.25, 0.3) is 5.91 Å². The summed E-state index contributed by atoms with van der Waals surface area (Å²) in [6, 6.07) is 5.51. The first-order valence-electron chi connectivity index (χ1n) is 7.88. The van der Waals surface area contributed by atoms with Gasteiger partial charge in [0.2, 0.25) is 5.91 Å². The maximum absolute atomic E-state index is 13.1. The number of carbonyl (C=O) groups is 2. The maximum Gasteiger partial charge on any atom is 0.251 e. The molecule has 1 saturated carbocycles. The molecule has 122 valence electrons. The van der Waals surface area contributed by atoms with Crippen molar-refractivity contribution < 1.29 is 14.0 Å². The van der Waals surface area contributed by atoms with E-state index in [1.165, 1.54) is 24.6 Å². The predicted octanol–water partition coefficient (Wildman–Crippen LogP) is 2.35. The molecule has 0 unspecified atom stereocenters. The second kappa shape index (κ2) is 8.33. The minimum absolute atomic E-state index is 0.131. The fourth-order valence-corrected chi connectivity index (χ4v) is 2.90. The number of nitrogens with one attached hydrogen (secondary N) is 1. The molecule has 0 bridgehead atoms. The Morgan fingerprint density at radius 1 is 1.30 bits per heavy atom. The molecule has 0 aromatic heterocycles. The Balaban J connectivity index is 1.93. The molecule has 5 heteroatoms. The number of hydrogen-bond donors (Lipinski definition) is 1. The molecule has 1 N–H and O–H groups in total. The third kappa shape index (κ3) is 4.82. The Hall–Kier alpha value is -2.35. The van der Waals surface area contributed by atoms with Crippen molar-refractivity contribution in [2.75, 3.05) is 13.1 Å². The normalized spacial score (nSPS) is 14.8. The lowest BCUT2D eigenvalue weighted by atomic mass is 9.94. The monoisotopic (exact) mass is 316 g/mol. The lowest BCUT2D eigenvalue weighted by molar-refractivity contribution is -0.132. The molecule has 0 atom stereocenters. The highest BCUT2D eigenvalue weighted by Gasteiger charge is 2.24. The Bertz CT molecular complexity index is 603. The summed E-state index contributed by atoms with van der Waals surface area (Å²) in [6.07, 6.45) is 10.6. The van der Waals surface area contributed by atoms with Crippen LogP contribution in [0.3, 0.4) is 0 Å². The van der Waals surface area contributed by atoms with Crippen LogP contribution >= 0.6 is 0 Å². The molecule has 2 rings (SSSR count). The molecule has 1 aliphatic carbocycles. The summed E-state index contributed by atoms with van der Waals surface area (Å²) in [5.41, 5.74) is 0.193. The molecule has 2 amide bonds. The van der Waals surface area contributed by atoms with Crippen LogP contribution in [0.4, 0.5) is 4.39 Å². The third-order valence-electron chi connectivity index (χ3n) is 4.08. The van der Waals surface area contributed by atoms with E-state index >= 15 is 0 Å². The molecule has 1 fully saturated rings. The molecule has 1 aliphatic rings. The number of halogens is 1. The van der Waals surface area contributed by atoms with Crippen LogP contribution in [-0.4, -0.2) is 35.8 Å². The molecular weight excluding hydrogens is 295 g/mol. The van der Waals surface area contributed by atoms with Gasteiger partial charge in [-0.3, -0.25) is 9.59 Å². The van der Waals surface area contributed by atoms with Gasteiger partial charge in [-0.1, -0.05) is 31.2 Å². The van der Waals surface area contributed by atoms with E-state index in [-0.39, 0.29) is 30.6 Å². The van der Waals surface area contributed by atoms with Gasteiger partial charge in [-0.2, -0.15) is 0 Å². The van der Waals surface area contributed by atoms with E-state index in [0.29, 0.717) is 0 Å². The topological polar surface area (TPSA) is 49.4 Å². The fourth-order valence-electron chi connectivity index (χ4n) is 2.90. The number of benzene rings is 1. The minimum Gasteiger partial charge on any atom is -0.343 e. The van der Waals surface area contributed by atoms with Crippen LogP contribution in [0.25, 0.3) is 0 Å². The second-order valence-electron chi connectivity index (χ2n) is 5.71. The van der Waals surface area contributed by atoms with Gasteiger partial charge in [-0.25, -0.2) is 4.39 Å². The standard InChI is InChI=1S/C18H21FN2O2/c1-2-11-21(16-9-4-3-5-10-16)17(22)13-20-18(23)14-7-6-8-15(19)12-14/h1,6-8,12,16H,3-5,9-11,13H2,(H,20,23). The zero-order valence-corrected chi connectivity index (χ0v) is 13.1. The van der Waals surface area contributed by atoms with Crippen LogP contribution in [0, 0.1) is 18.2 Å². The SMILES string of the molecule is C#CCN(C(=O)CNC(=O)c1cccc(F)c1)C1CCCCC1. The first-order chi connectivity index (χ1) is 11.1. The molecule has 0 saturated heterocycles. The van der Waals surface area contributed by atoms with Crippen molar-refractivity contribution in [1.82, 2.24) is 10.2 Å². The summed E-state index contributed by atoms with van der Waals surface area (Å²) in [6.45, 7) is 0.118. The summed E-state index contributed by atoms with van der Waals surface area (Å²) in [5, 5.41) is 2.54. The minimum atomic E-state index is -0.486. The van der Waals surface area contributed by atoms with Crippen molar-refractivity contribution in [1.29, 1.82) is 0 Å². The van der Waals surface area contributed by atoms with E-state index in [1.54, 1.807) is 4.90 Å². The maximum atomic E-state index is 13.1. The Labute approximate surface area is 136 Å². The summed E-state index contributed by atoms with van der Waals surface area (Å²) < 4.78 is 13.1. The van der Waals surface area contributed by atoms with E-state index < -0.39 is 11.7 Å². The van der Waals surface area contributed by atoms with E-state index in [0.717, 1.165) is 31.7 Å². The van der Waals surface area contributed by atoms with Crippen LogP contribution in [0.1, 0.15) is 42.5 Å². The molecule has 1 aromatic rings. The van der Waals surface area contributed by atoms with Gasteiger partial charge in [-0.05, 0) is 31.0 Å². The highest BCUT2D eigenvalue weighted by atomic mass is 19.1. The first kappa shape index (κ1) is 17.0. The highest BCUT2D eigenvalue weighted by Crippen LogP contribution is 2.22. The van der Waals surface area contributed by atoms with Crippen molar-refractivity contribution in [2.45, 2.75) is 38.1 Å². The zero-order valence-electron chi connectivity index (χ0n) is 13.1. The predicted molar refractivity (Wildman–Crippen MR) is 86.2 cm³/mol. The van der Waals surface area contributed by atoms with Crippen LogP contribution in [0.15, 0.2) is 24.3 Å². The van der Waals surface area contributed by atoms with E-state index in [2.05, 4.69) is 11.2 Å². The average molecular weight is 316 g/mol. The number of nitrogens with zero attached hydrogens (tertiary/aromatic N) is 1. The molecule has 1 aromatic carbocycles. The Kier molecular flexibility index (Phi) is 6.16. The number of rotatable bonds is 5. The van der Waals surface area contributed by atoms with Gasteiger partial charge < -0.3 is 10.2 Å². The van der Waals surface area contributed by atoms with Crippen molar-refractivity contribution in [2.24, 2.45) is 0 Å². The zero-order chi connectivity index (χ0) is 16.7. The van der Waals surface area contributed by atoms with Gasteiger partial charge in [-0.15, -0.1) is 6.42 Å². The van der Waals surface area contributed by atoms with Gasteiger partial charge in [0.05, 0.1) is 13.1 Å². The Morgan fingerprint density at radius 3 is 2.70 bits per heavy atom. The van der Waals surface area contributed by atoms with Gasteiger partial charge in [0.1, 0.15) is 5.82 Å². The summed E-state index contributed by atoms with van der Waals surface area (Å²) >= 11 is 0. The molecule has 0 heterocycles. The third-order valence-corrected chi connectivity index (χ3v) is 4.08. The van der Waals surface area contributed by atoms with Crippen molar-refractivity contribution in [3.8, 4) is 12.3 Å². The smallest absolute Gasteiger partial charge is 0.251 e. The first-order valence-corrected chi connectivity index (χ1v) is 7.88. The molecule has 0 aliphatic heterocycles. The second-order valence-corrected chi connectivity index (χ2v) is 5.71. The van der Waals surface area contributed by atoms with Crippen LogP contribution in [0.5, 0.6) is 0 Å². The molecule has 0 radical (unpaired) electrons. The van der Waals surface area contributed by atoms with E-state index in [9.17, 15) is 14.0 Å². The molecule has 4 nitrogen and oxygen atoms in total. The van der Waals surface area contributed by atoms with Crippen LogP contribution in [0.2, 0.25) is 0 Å². The summed E-state index contributed by atoms with van der Waals surface area (Å²) in [4.78, 5) is 26.0. The number of terminal acetylenes is 1. The Morgan fingerprint density at radius 2 is 2.04 bits per heavy atom. The quantitative estimate of drug-likeness (QED) is 0.848. The summed E-state index contributed by atoms with van der Waals surface area (Å²) in [7, 11) is 0. The molecule has 0 spiro atoms. The average Bonchev–Trinajstić information content (AvgIpc) is 2.58. The van der Waals surface area contributed by atoms with Crippen molar-refractivity contribution in [3.63, 3.8) is 0 Å². The molecular formula is C18H21FN2O2. The number of amides is 2. The highest BCUT2D eigenvalue weighted by molar-refractivity contribution is 5.96. The number of hydrogen-bond acceptors (Lipinski definition) is 2.